The Labute approximate surface area is 36.5 Å². The fraction of sp³-hybridized carbons (Fsp3) is 1.00. The van der Waals surface area contributed by atoms with Crippen LogP contribution < -0.4 is 5.09 Å². The molecule has 0 rings (SSSR count). The molecule has 26 valence electrons. The molecule has 0 heterocycles. The molecular formula is CH5BrNP. The fourth-order valence-electron chi connectivity index (χ4n) is 0. The van der Waals surface area contributed by atoms with Gasteiger partial charge in [-0.3, -0.25) is 5.09 Å². The number of hydrogen-bond donors (Lipinski definition) is 1. The molecule has 1 unspecified atom stereocenters. The maximum absolute atomic E-state index is 3.12. The van der Waals surface area contributed by atoms with Crippen molar-refractivity contribution in [3.63, 3.8) is 0 Å². The van der Waals surface area contributed by atoms with Crippen molar-refractivity contribution < 1.29 is 0 Å². The minimum Gasteiger partial charge on any atom is -0.291 e. The predicted molar refractivity (Wildman–Crippen MR) is 26.6 cm³/mol. The first-order valence-corrected chi connectivity index (χ1v) is 2.61. The normalized spacial score (nSPS) is 7.50. The molecule has 1 atom stereocenters. The molecule has 0 fully saturated rings. The van der Waals surface area contributed by atoms with Crippen molar-refractivity contribution >= 4 is 25.3 Å². The summed E-state index contributed by atoms with van der Waals surface area (Å²) < 4.78 is 0. The van der Waals surface area contributed by atoms with Crippen molar-refractivity contribution in [2.24, 2.45) is 0 Å². The molecule has 0 spiro atoms. The summed E-state index contributed by atoms with van der Waals surface area (Å²) in [5, 5.41) is 2.76. The second-order valence-electron chi connectivity index (χ2n) is 0.338. The quantitative estimate of drug-likeness (QED) is 0.323. The molecule has 0 radical (unpaired) electrons. The first-order chi connectivity index (χ1) is 1.91. The van der Waals surface area contributed by atoms with Crippen LogP contribution in [0.2, 0.25) is 0 Å². The summed E-state index contributed by atoms with van der Waals surface area (Å²) in [5.41, 5.74) is 0.845. The predicted octanol–water partition coefficient (Wildman–Crippen LogP) is 0.719. The molecule has 1 nitrogen and oxygen atoms in total. The summed E-state index contributed by atoms with van der Waals surface area (Å²) in [4.78, 5) is 0. The third kappa shape index (κ3) is 2.87. The minimum atomic E-state index is 0.845. The highest BCUT2D eigenvalue weighted by molar-refractivity contribution is 9.09. The van der Waals surface area contributed by atoms with E-state index < -0.39 is 0 Å². The van der Waals surface area contributed by atoms with Gasteiger partial charge in [0.25, 0.3) is 0 Å². The summed E-state index contributed by atoms with van der Waals surface area (Å²) in [7, 11) is 2.36. The number of hydrogen-bond acceptors (Lipinski definition) is 1. The maximum atomic E-state index is 3.12. The molecule has 0 saturated carbocycles. The van der Waals surface area contributed by atoms with E-state index in [2.05, 4.69) is 30.4 Å². The third-order valence-electron chi connectivity index (χ3n) is 0.0772. The Balaban J connectivity index is 1.97. The van der Waals surface area contributed by atoms with Crippen LogP contribution in [0, 0.1) is 0 Å². The van der Waals surface area contributed by atoms with Crippen LogP contribution >= 0.6 is 25.3 Å². The van der Waals surface area contributed by atoms with Crippen LogP contribution in [0.5, 0.6) is 0 Å². The molecule has 0 aromatic rings. The lowest BCUT2D eigenvalue weighted by molar-refractivity contribution is 1.26. The smallest absolute Gasteiger partial charge is 0.0546 e. The molecule has 0 aliphatic heterocycles. The largest absolute Gasteiger partial charge is 0.291 e. The van der Waals surface area contributed by atoms with Gasteiger partial charge in [0, 0.05) is 0 Å². The molecule has 0 bridgehead atoms. The van der Waals surface area contributed by atoms with Crippen molar-refractivity contribution in [2.75, 3.05) is 5.45 Å². The van der Waals surface area contributed by atoms with Gasteiger partial charge < -0.3 is 0 Å². The zero-order valence-corrected chi connectivity index (χ0v) is 4.90. The van der Waals surface area contributed by atoms with E-state index in [0.29, 0.717) is 0 Å². The Kier molecular flexibility index (Phi) is 4.71. The summed E-state index contributed by atoms with van der Waals surface area (Å²) in [6.45, 7) is 0. The van der Waals surface area contributed by atoms with E-state index in [-0.39, 0.29) is 0 Å². The number of rotatable bonds is 1. The highest BCUT2D eigenvalue weighted by Crippen LogP contribution is 1.72. The molecule has 0 saturated heterocycles. The van der Waals surface area contributed by atoms with Crippen LogP contribution in [0.1, 0.15) is 0 Å². The minimum absolute atomic E-state index is 0.845. The van der Waals surface area contributed by atoms with E-state index in [9.17, 15) is 0 Å². The summed E-state index contributed by atoms with van der Waals surface area (Å²) >= 11 is 3.12. The lowest BCUT2D eigenvalue weighted by atomic mass is 11.6. The average Bonchev–Trinajstić information content (AvgIpc) is 1.37. The lowest BCUT2D eigenvalue weighted by Gasteiger charge is -1.73. The van der Waals surface area contributed by atoms with Crippen molar-refractivity contribution in [3.05, 3.63) is 0 Å². The second-order valence-corrected chi connectivity index (χ2v) is 1.31. The SMILES string of the molecule is PNCBr. The van der Waals surface area contributed by atoms with Crippen molar-refractivity contribution in [1.82, 2.24) is 5.09 Å². The van der Waals surface area contributed by atoms with Gasteiger partial charge in [0.1, 0.15) is 0 Å². The van der Waals surface area contributed by atoms with Gasteiger partial charge in [-0.05, 0) is 0 Å². The van der Waals surface area contributed by atoms with E-state index in [1.807, 2.05) is 0 Å². The van der Waals surface area contributed by atoms with Gasteiger partial charge in [-0.1, -0.05) is 25.3 Å². The first kappa shape index (κ1) is 4.87. The summed E-state index contributed by atoms with van der Waals surface area (Å²) in [5.74, 6) is 0. The van der Waals surface area contributed by atoms with Crippen molar-refractivity contribution in [3.8, 4) is 0 Å². The van der Waals surface area contributed by atoms with Crippen LogP contribution in [0.3, 0.4) is 0 Å². The van der Waals surface area contributed by atoms with E-state index in [1.54, 1.807) is 0 Å². The van der Waals surface area contributed by atoms with Gasteiger partial charge in [-0.15, -0.1) is 0 Å². The van der Waals surface area contributed by atoms with E-state index in [0.717, 1.165) is 5.45 Å². The molecule has 3 heteroatoms. The third-order valence-corrected chi connectivity index (χ3v) is 1.20. The van der Waals surface area contributed by atoms with Gasteiger partial charge in [-0.25, -0.2) is 0 Å². The van der Waals surface area contributed by atoms with Crippen LogP contribution in [0.15, 0.2) is 0 Å². The second kappa shape index (κ2) is 3.87. The number of nitrogens with one attached hydrogen (secondary N) is 1. The Bertz CT molecular complexity index is 10.0. The molecule has 4 heavy (non-hydrogen) atoms. The zero-order chi connectivity index (χ0) is 3.41. The molecule has 0 aliphatic rings. The zero-order valence-electron chi connectivity index (χ0n) is 2.16. The molecule has 0 aromatic carbocycles. The van der Waals surface area contributed by atoms with Gasteiger partial charge >= 0.3 is 0 Å². The van der Waals surface area contributed by atoms with E-state index in [1.165, 1.54) is 0 Å². The van der Waals surface area contributed by atoms with E-state index in [4.69, 9.17) is 0 Å². The van der Waals surface area contributed by atoms with Crippen LogP contribution in [-0.2, 0) is 0 Å². The van der Waals surface area contributed by atoms with E-state index >= 15 is 0 Å². The van der Waals surface area contributed by atoms with Gasteiger partial charge in [0.2, 0.25) is 0 Å². The molecule has 0 aliphatic carbocycles. The maximum Gasteiger partial charge on any atom is 0.0546 e. The summed E-state index contributed by atoms with van der Waals surface area (Å²) in [6, 6.07) is 0. The molecule has 1 N–H and O–H groups in total. The van der Waals surface area contributed by atoms with Crippen molar-refractivity contribution in [2.45, 2.75) is 0 Å². The molecule has 0 amide bonds. The van der Waals surface area contributed by atoms with Crippen molar-refractivity contribution in [1.29, 1.82) is 0 Å². The Morgan fingerprint density at radius 2 is 2.25 bits per heavy atom. The Morgan fingerprint density at radius 3 is 2.25 bits per heavy atom. The van der Waals surface area contributed by atoms with Gasteiger partial charge in [0.15, 0.2) is 0 Å². The Hall–Kier alpha value is 0.870. The van der Waals surface area contributed by atoms with Gasteiger partial charge in [0.05, 0.1) is 5.45 Å². The fourth-order valence-corrected chi connectivity index (χ4v) is 0. The molecular weight excluding hydrogens is 137 g/mol. The van der Waals surface area contributed by atoms with Crippen LogP contribution in [-0.4, -0.2) is 5.45 Å². The lowest BCUT2D eigenvalue weighted by Crippen LogP contribution is -1.86. The standard InChI is InChI=1S/CH5BrNP/c2-1-3-4/h3H,1,4H2. The average molecular weight is 142 g/mol. The highest BCUT2D eigenvalue weighted by atomic mass is 79.9. The van der Waals surface area contributed by atoms with Gasteiger partial charge in [-0.2, -0.15) is 0 Å². The highest BCUT2D eigenvalue weighted by Gasteiger charge is 1.52. The Morgan fingerprint density at radius 1 is 2.00 bits per heavy atom. The van der Waals surface area contributed by atoms with Crippen LogP contribution in [0.25, 0.3) is 0 Å². The topological polar surface area (TPSA) is 12.0 Å². The number of halogens is 1. The van der Waals surface area contributed by atoms with Crippen LogP contribution in [0.4, 0.5) is 0 Å². The summed E-state index contributed by atoms with van der Waals surface area (Å²) in [6.07, 6.45) is 0. The number of alkyl halides is 1. The monoisotopic (exact) mass is 141 g/mol. The first-order valence-electron chi connectivity index (χ1n) is 0.909. The molecule has 0 aromatic heterocycles.